The maximum Gasteiger partial charge on any atom is 0.308 e. The summed E-state index contributed by atoms with van der Waals surface area (Å²) in [6.45, 7) is 7.66. The van der Waals surface area contributed by atoms with Gasteiger partial charge in [-0.25, -0.2) is 0 Å². The summed E-state index contributed by atoms with van der Waals surface area (Å²) in [5.74, 6) is 0.292. The van der Waals surface area contributed by atoms with Gasteiger partial charge in [-0.2, -0.15) is 0 Å². The SMILES string of the molecule is CCCCCCCCOC(=O)C1CCC(C(=O)OCC(CC)CCCC)CC1. The fraction of sp³-hybridized carbons (Fsp3) is 0.917. The lowest BCUT2D eigenvalue weighted by Gasteiger charge is -2.26. The Balaban J connectivity index is 2.16. The quantitative estimate of drug-likeness (QED) is 0.235. The molecule has 0 amide bonds. The highest BCUT2D eigenvalue weighted by Gasteiger charge is 2.31. The van der Waals surface area contributed by atoms with Crippen molar-refractivity contribution >= 4 is 11.9 Å². The normalized spacial score (nSPS) is 20.5. The summed E-state index contributed by atoms with van der Waals surface area (Å²) in [5.41, 5.74) is 0. The van der Waals surface area contributed by atoms with Crippen LogP contribution in [0.4, 0.5) is 0 Å². The van der Waals surface area contributed by atoms with Gasteiger partial charge in [0, 0.05) is 0 Å². The Kier molecular flexibility index (Phi) is 14.1. The Morgan fingerprint density at radius 2 is 1.29 bits per heavy atom. The predicted molar refractivity (Wildman–Crippen MR) is 114 cm³/mol. The summed E-state index contributed by atoms with van der Waals surface area (Å²) in [6.07, 6.45) is 14.8. The van der Waals surface area contributed by atoms with Gasteiger partial charge in [0.1, 0.15) is 0 Å². The van der Waals surface area contributed by atoms with Gasteiger partial charge < -0.3 is 9.47 Å². The molecule has 1 saturated carbocycles. The molecule has 0 aliphatic heterocycles. The van der Waals surface area contributed by atoms with E-state index in [-0.39, 0.29) is 23.8 Å². The van der Waals surface area contributed by atoms with Gasteiger partial charge in [-0.05, 0) is 44.4 Å². The molecule has 0 heterocycles. The van der Waals surface area contributed by atoms with Gasteiger partial charge in [0.15, 0.2) is 0 Å². The van der Waals surface area contributed by atoms with Crippen LogP contribution in [0.2, 0.25) is 0 Å². The van der Waals surface area contributed by atoms with Crippen LogP contribution in [0.3, 0.4) is 0 Å². The lowest BCUT2D eigenvalue weighted by molar-refractivity contribution is -0.156. The first-order chi connectivity index (χ1) is 13.6. The summed E-state index contributed by atoms with van der Waals surface area (Å²) in [7, 11) is 0. The fourth-order valence-electron chi connectivity index (χ4n) is 3.95. The van der Waals surface area contributed by atoms with Gasteiger partial charge >= 0.3 is 11.9 Å². The van der Waals surface area contributed by atoms with Crippen LogP contribution in [0, 0.1) is 17.8 Å². The van der Waals surface area contributed by atoms with Crippen molar-refractivity contribution in [1.82, 2.24) is 0 Å². The molecule has 0 aromatic heterocycles. The third-order valence-corrected chi connectivity index (χ3v) is 6.14. The molecule has 1 atom stereocenters. The van der Waals surface area contributed by atoms with E-state index in [0.717, 1.165) is 51.4 Å². The van der Waals surface area contributed by atoms with E-state index in [0.29, 0.717) is 19.1 Å². The Morgan fingerprint density at radius 1 is 0.750 bits per heavy atom. The first kappa shape index (κ1) is 25.0. The second kappa shape index (κ2) is 15.8. The van der Waals surface area contributed by atoms with E-state index in [4.69, 9.17) is 9.47 Å². The van der Waals surface area contributed by atoms with Gasteiger partial charge in [-0.3, -0.25) is 9.59 Å². The van der Waals surface area contributed by atoms with Crippen molar-refractivity contribution in [3.63, 3.8) is 0 Å². The predicted octanol–water partition coefficient (Wildman–Crippen LogP) is 6.46. The number of esters is 2. The van der Waals surface area contributed by atoms with Gasteiger partial charge in [-0.1, -0.05) is 72.1 Å². The zero-order chi connectivity index (χ0) is 20.6. The average molecular weight is 397 g/mol. The second-order valence-electron chi connectivity index (χ2n) is 8.53. The molecule has 1 rings (SSSR count). The Morgan fingerprint density at radius 3 is 1.86 bits per heavy atom. The monoisotopic (exact) mass is 396 g/mol. The minimum atomic E-state index is -0.0639. The first-order valence-electron chi connectivity index (χ1n) is 12.0. The number of unbranched alkanes of at least 4 members (excludes halogenated alkanes) is 6. The molecule has 0 aromatic carbocycles. The minimum Gasteiger partial charge on any atom is -0.465 e. The topological polar surface area (TPSA) is 52.6 Å². The third-order valence-electron chi connectivity index (χ3n) is 6.14. The lowest BCUT2D eigenvalue weighted by atomic mass is 9.82. The number of carbonyl (C=O) groups is 2. The number of carbonyl (C=O) groups excluding carboxylic acids is 2. The van der Waals surface area contributed by atoms with Crippen LogP contribution >= 0.6 is 0 Å². The number of ether oxygens (including phenoxy) is 2. The molecular formula is C24H44O4. The maximum absolute atomic E-state index is 12.3. The third kappa shape index (κ3) is 10.5. The highest BCUT2D eigenvalue weighted by molar-refractivity contribution is 5.75. The van der Waals surface area contributed by atoms with Crippen LogP contribution in [0.1, 0.15) is 111 Å². The molecule has 0 radical (unpaired) electrons. The largest absolute Gasteiger partial charge is 0.465 e. The van der Waals surface area contributed by atoms with Gasteiger partial charge in [-0.15, -0.1) is 0 Å². The van der Waals surface area contributed by atoms with E-state index in [1.165, 1.54) is 38.5 Å². The van der Waals surface area contributed by atoms with E-state index in [1.54, 1.807) is 0 Å². The van der Waals surface area contributed by atoms with Crippen molar-refractivity contribution in [2.45, 2.75) is 111 Å². The van der Waals surface area contributed by atoms with Crippen LogP contribution in [-0.2, 0) is 19.1 Å². The Bertz CT molecular complexity index is 413. The average Bonchev–Trinajstić information content (AvgIpc) is 2.73. The van der Waals surface area contributed by atoms with Crippen molar-refractivity contribution in [3.05, 3.63) is 0 Å². The van der Waals surface area contributed by atoms with Crippen LogP contribution in [-0.4, -0.2) is 25.2 Å². The standard InChI is InChI=1S/C24H44O4/c1-4-7-9-10-11-12-18-27-23(25)21-14-16-22(17-15-21)24(26)28-19-20(6-3)13-8-5-2/h20-22H,4-19H2,1-3H3. The van der Waals surface area contributed by atoms with Crippen molar-refractivity contribution in [2.75, 3.05) is 13.2 Å². The van der Waals surface area contributed by atoms with Crippen LogP contribution in [0.15, 0.2) is 0 Å². The molecule has 1 aliphatic rings. The molecule has 1 aliphatic carbocycles. The highest BCUT2D eigenvalue weighted by Crippen LogP contribution is 2.30. The van der Waals surface area contributed by atoms with Crippen molar-refractivity contribution in [2.24, 2.45) is 17.8 Å². The number of hydrogen-bond acceptors (Lipinski definition) is 4. The van der Waals surface area contributed by atoms with E-state index >= 15 is 0 Å². The molecule has 4 nitrogen and oxygen atoms in total. The first-order valence-corrected chi connectivity index (χ1v) is 12.0. The van der Waals surface area contributed by atoms with Crippen molar-refractivity contribution in [3.8, 4) is 0 Å². The summed E-state index contributed by atoms with van der Waals surface area (Å²) < 4.78 is 11.1. The maximum atomic E-state index is 12.3. The molecule has 0 bridgehead atoms. The van der Waals surface area contributed by atoms with Gasteiger partial charge in [0.25, 0.3) is 0 Å². The molecule has 0 saturated heterocycles. The van der Waals surface area contributed by atoms with E-state index in [1.807, 2.05) is 0 Å². The second-order valence-corrected chi connectivity index (χ2v) is 8.53. The summed E-state index contributed by atoms with van der Waals surface area (Å²) in [6, 6.07) is 0. The lowest BCUT2D eigenvalue weighted by Crippen LogP contribution is -2.29. The molecule has 164 valence electrons. The van der Waals surface area contributed by atoms with E-state index < -0.39 is 0 Å². The highest BCUT2D eigenvalue weighted by atomic mass is 16.5. The van der Waals surface area contributed by atoms with Gasteiger partial charge in [0.2, 0.25) is 0 Å². The summed E-state index contributed by atoms with van der Waals surface area (Å²) in [5, 5.41) is 0. The molecule has 4 heteroatoms. The molecule has 1 unspecified atom stereocenters. The molecule has 1 fully saturated rings. The van der Waals surface area contributed by atoms with Crippen LogP contribution in [0.5, 0.6) is 0 Å². The summed E-state index contributed by atoms with van der Waals surface area (Å²) in [4.78, 5) is 24.6. The molecule has 0 spiro atoms. The van der Waals surface area contributed by atoms with Crippen LogP contribution < -0.4 is 0 Å². The Hall–Kier alpha value is -1.06. The van der Waals surface area contributed by atoms with Crippen molar-refractivity contribution < 1.29 is 19.1 Å². The van der Waals surface area contributed by atoms with E-state index in [9.17, 15) is 9.59 Å². The molecule has 0 N–H and O–H groups in total. The fourth-order valence-corrected chi connectivity index (χ4v) is 3.95. The number of rotatable bonds is 15. The zero-order valence-electron chi connectivity index (χ0n) is 18.7. The smallest absolute Gasteiger partial charge is 0.308 e. The summed E-state index contributed by atoms with van der Waals surface area (Å²) >= 11 is 0. The van der Waals surface area contributed by atoms with Crippen molar-refractivity contribution in [1.29, 1.82) is 0 Å². The Labute approximate surface area is 173 Å². The molecule has 28 heavy (non-hydrogen) atoms. The van der Waals surface area contributed by atoms with Crippen LogP contribution in [0.25, 0.3) is 0 Å². The molecular weight excluding hydrogens is 352 g/mol. The minimum absolute atomic E-state index is 0.0305. The van der Waals surface area contributed by atoms with E-state index in [2.05, 4.69) is 20.8 Å². The number of hydrogen-bond donors (Lipinski definition) is 0. The molecule has 0 aromatic rings. The zero-order valence-corrected chi connectivity index (χ0v) is 18.7. The van der Waals surface area contributed by atoms with Gasteiger partial charge in [0.05, 0.1) is 25.0 Å².